The van der Waals surface area contributed by atoms with E-state index in [0.717, 1.165) is 24.3 Å². The van der Waals surface area contributed by atoms with Gasteiger partial charge in [-0.2, -0.15) is 0 Å². The van der Waals surface area contributed by atoms with E-state index >= 15 is 0 Å². The number of aromatic hydroxyl groups is 4. The first-order valence-corrected chi connectivity index (χ1v) is 11.0. The van der Waals surface area contributed by atoms with Crippen molar-refractivity contribution in [3.05, 3.63) is 40.6 Å². The van der Waals surface area contributed by atoms with Crippen LogP contribution >= 0.6 is 0 Å². The fraction of sp³-hybridized carbons (Fsp3) is 0.292. The third kappa shape index (κ3) is 3.66. The highest BCUT2D eigenvalue weighted by Crippen LogP contribution is 2.41. The number of rotatable bonds is 3. The normalized spacial score (nSPS) is 29.3. The van der Waals surface area contributed by atoms with Crippen LogP contribution in [0.25, 0.3) is 22.3 Å². The molecule has 2 aliphatic rings. The molecule has 1 aliphatic heterocycles. The Morgan fingerprint density at radius 3 is 2.29 bits per heavy atom. The smallest absolute Gasteiger partial charge is 0.239 e. The van der Waals surface area contributed by atoms with Gasteiger partial charge in [-0.3, -0.25) is 14.4 Å². The van der Waals surface area contributed by atoms with Gasteiger partial charge in [0.15, 0.2) is 40.5 Å². The average molecular weight is 532 g/mol. The molecule has 1 aliphatic carbocycles. The third-order valence-corrected chi connectivity index (χ3v) is 6.57. The fourth-order valence-electron chi connectivity index (χ4n) is 4.54. The Morgan fingerprint density at radius 2 is 1.61 bits per heavy atom. The maximum Gasteiger partial charge on any atom is 0.239 e. The van der Waals surface area contributed by atoms with E-state index in [1.54, 1.807) is 0 Å². The number of Topliss-reactive ketones (excluding diaryl/α,β-unsaturated/α-hetero) is 2. The molecule has 0 spiro atoms. The van der Waals surface area contributed by atoms with Crippen LogP contribution in [0.4, 0.5) is 0 Å². The molecule has 5 rings (SSSR count). The number of hydrogen-bond acceptors (Lipinski definition) is 14. The molecule has 2 bridgehead atoms. The Hall–Kier alpha value is -4.21. The molecule has 1 saturated carbocycles. The minimum absolute atomic E-state index is 0.0927. The maximum atomic E-state index is 13.5. The number of aliphatic hydroxyl groups excluding tert-OH is 3. The Bertz CT molecular complexity index is 1540. The summed E-state index contributed by atoms with van der Waals surface area (Å²) in [7, 11) is 0. The van der Waals surface area contributed by atoms with E-state index in [0.29, 0.717) is 0 Å². The number of fused-ring (bicyclic) bond motifs is 3. The summed E-state index contributed by atoms with van der Waals surface area (Å²) < 4.78 is 16.5. The Morgan fingerprint density at radius 1 is 0.895 bits per heavy atom. The first kappa shape index (κ1) is 25.4. The molecular formula is C24H20O14. The van der Waals surface area contributed by atoms with Crippen LogP contribution < -0.4 is 10.2 Å². The molecule has 2 heterocycles. The van der Waals surface area contributed by atoms with Gasteiger partial charge in [0.2, 0.25) is 17.5 Å². The van der Waals surface area contributed by atoms with Gasteiger partial charge in [-0.15, -0.1) is 0 Å². The summed E-state index contributed by atoms with van der Waals surface area (Å²) in [6, 6.07) is 5.02. The molecule has 38 heavy (non-hydrogen) atoms. The van der Waals surface area contributed by atoms with Crippen molar-refractivity contribution in [2.24, 2.45) is 0 Å². The van der Waals surface area contributed by atoms with Crippen molar-refractivity contribution in [2.45, 2.75) is 42.7 Å². The van der Waals surface area contributed by atoms with Crippen LogP contribution in [0.15, 0.2) is 39.5 Å². The molecule has 3 aromatic rings. The van der Waals surface area contributed by atoms with E-state index in [2.05, 4.69) is 0 Å². The molecule has 1 saturated heterocycles. The largest absolute Gasteiger partial charge is 0.508 e. The molecule has 0 amide bonds. The van der Waals surface area contributed by atoms with Crippen LogP contribution in [-0.4, -0.2) is 88.7 Å². The second-order valence-corrected chi connectivity index (χ2v) is 8.94. The van der Waals surface area contributed by atoms with Crippen LogP contribution in [0.3, 0.4) is 0 Å². The van der Waals surface area contributed by atoms with Gasteiger partial charge in [-0.05, 0) is 18.2 Å². The van der Waals surface area contributed by atoms with Gasteiger partial charge in [0.25, 0.3) is 0 Å². The van der Waals surface area contributed by atoms with Crippen molar-refractivity contribution in [2.75, 3.05) is 0 Å². The van der Waals surface area contributed by atoms with Crippen molar-refractivity contribution in [1.82, 2.24) is 0 Å². The van der Waals surface area contributed by atoms with Crippen LogP contribution in [-0.2, 0) is 14.3 Å². The molecule has 200 valence electrons. The highest BCUT2D eigenvalue weighted by atomic mass is 16.7. The topological polar surface area (TPSA) is 245 Å². The van der Waals surface area contributed by atoms with Crippen molar-refractivity contribution in [1.29, 1.82) is 0 Å². The van der Waals surface area contributed by atoms with Crippen molar-refractivity contribution in [3.63, 3.8) is 0 Å². The zero-order chi connectivity index (χ0) is 27.7. The Kier molecular flexibility index (Phi) is 5.81. The van der Waals surface area contributed by atoms with Crippen LogP contribution in [0, 0.1) is 0 Å². The predicted molar refractivity (Wildman–Crippen MR) is 121 cm³/mol. The zero-order valence-electron chi connectivity index (χ0n) is 19.0. The monoisotopic (exact) mass is 532 g/mol. The average Bonchev–Trinajstić information content (AvgIpc) is 2.89. The van der Waals surface area contributed by atoms with Gasteiger partial charge in [0.05, 0.1) is 6.42 Å². The number of phenols is 4. The standard InChI is InChI=1S/C24H20O14/c25-8-4-11(28)15-13(5-8)36-18(7-1-2-9(26)10(27)3-7)19(17(15)32)37-23-22(34)24(35)14(30)6-12(29)16(31)20(38-23)21(24)33/h1-5,16,20-23,25-28,31,33-35H,6H2/t16?,20-,21-,22+,23?,24+/m1/s1. The second-order valence-electron chi connectivity index (χ2n) is 8.94. The van der Waals surface area contributed by atoms with Gasteiger partial charge < -0.3 is 54.7 Å². The molecule has 0 radical (unpaired) electrons. The SMILES string of the molecule is O=C1CC(=O)[C@]2(O)[C@H](O)[C@H](OC(Oc3c(-c4ccc(O)c(O)c4)oc4cc(O)cc(O)c4c3=O)[C@@H]2O)C1O. The van der Waals surface area contributed by atoms with E-state index in [1.165, 1.54) is 6.07 Å². The molecule has 1 aromatic heterocycles. The van der Waals surface area contributed by atoms with Crippen molar-refractivity contribution in [3.8, 4) is 40.1 Å². The zero-order valence-corrected chi connectivity index (χ0v) is 19.0. The number of ether oxygens (including phenoxy) is 2. The number of carbonyl (C=O) groups is 2. The number of carbonyl (C=O) groups excluding carboxylic acids is 2. The van der Waals surface area contributed by atoms with Gasteiger partial charge in [0, 0.05) is 17.7 Å². The highest BCUT2D eigenvalue weighted by Gasteiger charge is 2.64. The third-order valence-electron chi connectivity index (χ3n) is 6.57. The lowest BCUT2D eigenvalue weighted by atomic mass is 9.81. The van der Waals surface area contributed by atoms with Gasteiger partial charge >= 0.3 is 0 Å². The number of benzene rings is 2. The quantitative estimate of drug-likeness (QED) is 0.145. The van der Waals surface area contributed by atoms with Crippen LogP contribution in [0.5, 0.6) is 28.7 Å². The lowest BCUT2D eigenvalue weighted by Gasteiger charge is -2.45. The van der Waals surface area contributed by atoms with E-state index in [-0.39, 0.29) is 11.1 Å². The summed E-state index contributed by atoms with van der Waals surface area (Å²) in [5.74, 6) is -6.10. The summed E-state index contributed by atoms with van der Waals surface area (Å²) >= 11 is 0. The molecular weight excluding hydrogens is 512 g/mol. The van der Waals surface area contributed by atoms with Gasteiger partial charge in [-0.25, -0.2) is 0 Å². The van der Waals surface area contributed by atoms with Crippen LogP contribution in [0.2, 0.25) is 0 Å². The summed E-state index contributed by atoms with van der Waals surface area (Å²) in [5, 5.41) is 81.7. The Labute approximate surface area is 210 Å². The lowest BCUT2D eigenvalue weighted by molar-refractivity contribution is -0.307. The molecule has 6 atom stereocenters. The molecule has 14 heteroatoms. The van der Waals surface area contributed by atoms with Gasteiger partial charge in [-0.1, -0.05) is 0 Å². The first-order valence-electron chi connectivity index (χ1n) is 11.0. The van der Waals surface area contributed by atoms with E-state index in [1.807, 2.05) is 0 Å². The summed E-state index contributed by atoms with van der Waals surface area (Å²) in [6.45, 7) is 0. The minimum Gasteiger partial charge on any atom is -0.508 e. The van der Waals surface area contributed by atoms with Crippen molar-refractivity contribution < 1.29 is 64.3 Å². The van der Waals surface area contributed by atoms with E-state index in [9.17, 15) is 55.2 Å². The molecule has 2 unspecified atom stereocenters. The number of aliphatic hydroxyl groups is 4. The molecule has 14 nitrogen and oxygen atoms in total. The Balaban J connectivity index is 1.70. The molecule has 2 fully saturated rings. The predicted octanol–water partition coefficient (Wildman–Crippen LogP) is -1.26. The lowest BCUT2D eigenvalue weighted by Crippen LogP contribution is -2.71. The van der Waals surface area contributed by atoms with E-state index in [4.69, 9.17) is 13.9 Å². The number of phenolic OH excluding ortho intramolecular Hbond substituents is 4. The first-order chi connectivity index (χ1) is 17.8. The summed E-state index contributed by atoms with van der Waals surface area (Å²) in [6.07, 6.45) is -11.9. The van der Waals surface area contributed by atoms with Crippen LogP contribution in [0.1, 0.15) is 6.42 Å². The number of hydrogen-bond donors (Lipinski definition) is 8. The molecule has 8 N–H and O–H groups in total. The molecule has 2 aromatic carbocycles. The second kappa shape index (κ2) is 8.68. The number of ketones is 2. The van der Waals surface area contributed by atoms with Gasteiger partial charge in [0.1, 0.15) is 40.8 Å². The maximum absolute atomic E-state index is 13.5. The minimum atomic E-state index is -3.04. The fourth-order valence-corrected chi connectivity index (χ4v) is 4.54. The highest BCUT2D eigenvalue weighted by molar-refractivity contribution is 6.06. The summed E-state index contributed by atoms with van der Waals surface area (Å²) in [4.78, 5) is 38.2. The van der Waals surface area contributed by atoms with E-state index < -0.39 is 99.6 Å². The summed E-state index contributed by atoms with van der Waals surface area (Å²) in [5.41, 5.74) is -4.58. The van der Waals surface area contributed by atoms with Crippen molar-refractivity contribution >= 4 is 22.5 Å².